The molecule has 2 heterocycles. The molecule has 2 atom stereocenters. The van der Waals surface area contributed by atoms with E-state index in [1.54, 1.807) is 12.4 Å². The van der Waals surface area contributed by atoms with Crippen molar-refractivity contribution in [3.8, 4) is 0 Å². The average Bonchev–Trinajstić information content (AvgIpc) is 2.62. The number of nitrogens with one attached hydrogen (secondary N) is 1. The lowest BCUT2D eigenvalue weighted by molar-refractivity contribution is -0.133. The normalized spacial score (nSPS) is 19.7. The molecule has 0 bridgehead atoms. The van der Waals surface area contributed by atoms with Crippen LogP contribution in [0.3, 0.4) is 0 Å². The first-order valence-electron chi connectivity index (χ1n) is 7.73. The molecule has 1 aliphatic rings. The molecule has 1 fully saturated rings. The molecule has 0 unspecified atom stereocenters. The minimum Gasteiger partial charge on any atom is -0.339 e. The second-order valence-electron chi connectivity index (χ2n) is 5.70. The molecule has 1 aromatic heterocycles. The third-order valence-electron chi connectivity index (χ3n) is 4.27. The Morgan fingerprint density at radius 2 is 1.95 bits per heavy atom. The molecule has 1 saturated heterocycles. The Morgan fingerprint density at radius 1 is 1.23 bits per heavy atom. The summed E-state index contributed by atoms with van der Waals surface area (Å²) in [5, 5.41) is 3.48. The van der Waals surface area contributed by atoms with Gasteiger partial charge in [-0.3, -0.25) is 9.78 Å². The first-order chi connectivity index (χ1) is 10.8. The summed E-state index contributed by atoms with van der Waals surface area (Å²) >= 11 is 0. The van der Waals surface area contributed by atoms with E-state index in [2.05, 4.69) is 10.3 Å². The van der Waals surface area contributed by atoms with Crippen LogP contribution >= 0.6 is 0 Å². The molecule has 1 aliphatic heterocycles. The standard InChI is InChI=1S/C18H21N3O/c1-14(15-5-3-2-4-6-15)18(22)21-12-11-20-17(13-21)16-7-9-19-10-8-16/h2-10,14,17,20H,11-13H2,1H3/t14-,17-/m0/s1. The molecule has 1 N–H and O–H groups in total. The topological polar surface area (TPSA) is 45.2 Å². The van der Waals surface area contributed by atoms with Crippen molar-refractivity contribution in [2.24, 2.45) is 0 Å². The second-order valence-corrected chi connectivity index (χ2v) is 5.70. The van der Waals surface area contributed by atoms with E-state index < -0.39 is 0 Å². The number of amides is 1. The van der Waals surface area contributed by atoms with Crippen LogP contribution in [0.1, 0.15) is 30.0 Å². The van der Waals surface area contributed by atoms with E-state index >= 15 is 0 Å². The molecule has 4 heteroatoms. The third kappa shape index (κ3) is 3.17. The highest BCUT2D eigenvalue weighted by atomic mass is 16.2. The van der Waals surface area contributed by atoms with Gasteiger partial charge in [0, 0.05) is 32.0 Å². The highest BCUT2D eigenvalue weighted by Crippen LogP contribution is 2.22. The van der Waals surface area contributed by atoms with E-state index in [0.717, 1.165) is 18.7 Å². The molecule has 4 nitrogen and oxygen atoms in total. The summed E-state index contributed by atoms with van der Waals surface area (Å²) in [7, 11) is 0. The fourth-order valence-corrected chi connectivity index (χ4v) is 2.93. The average molecular weight is 295 g/mol. The maximum atomic E-state index is 12.8. The molecular formula is C18H21N3O. The van der Waals surface area contributed by atoms with Crippen molar-refractivity contribution in [1.82, 2.24) is 15.2 Å². The predicted octanol–water partition coefficient (Wildman–Crippen LogP) is 2.36. The van der Waals surface area contributed by atoms with Crippen molar-refractivity contribution in [3.63, 3.8) is 0 Å². The SMILES string of the molecule is C[C@H](C(=O)N1CCN[C@H](c2ccncc2)C1)c1ccccc1. The Balaban J connectivity index is 1.70. The smallest absolute Gasteiger partial charge is 0.229 e. The number of nitrogens with zero attached hydrogens (tertiary/aromatic N) is 2. The van der Waals surface area contributed by atoms with Gasteiger partial charge in [-0.2, -0.15) is 0 Å². The largest absolute Gasteiger partial charge is 0.339 e. The quantitative estimate of drug-likeness (QED) is 0.945. The summed E-state index contributed by atoms with van der Waals surface area (Å²) in [6.07, 6.45) is 3.59. The highest BCUT2D eigenvalue weighted by Gasteiger charge is 2.27. The highest BCUT2D eigenvalue weighted by molar-refractivity contribution is 5.83. The zero-order valence-corrected chi connectivity index (χ0v) is 12.8. The van der Waals surface area contributed by atoms with Gasteiger partial charge in [0.15, 0.2) is 0 Å². The van der Waals surface area contributed by atoms with Gasteiger partial charge in [0.05, 0.1) is 12.0 Å². The van der Waals surface area contributed by atoms with Crippen LogP contribution in [-0.4, -0.2) is 35.4 Å². The van der Waals surface area contributed by atoms with Gasteiger partial charge in [-0.25, -0.2) is 0 Å². The maximum Gasteiger partial charge on any atom is 0.229 e. The van der Waals surface area contributed by atoms with Gasteiger partial charge in [-0.05, 0) is 30.2 Å². The van der Waals surface area contributed by atoms with E-state index in [-0.39, 0.29) is 17.9 Å². The first-order valence-corrected chi connectivity index (χ1v) is 7.73. The summed E-state index contributed by atoms with van der Waals surface area (Å²) in [4.78, 5) is 18.8. The van der Waals surface area contributed by atoms with Crippen LogP contribution in [0.25, 0.3) is 0 Å². The van der Waals surface area contributed by atoms with Crippen LogP contribution in [0.15, 0.2) is 54.9 Å². The van der Waals surface area contributed by atoms with Gasteiger partial charge in [0.2, 0.25) is 5.91 Å². The van der Waals surface area contributed by atoms with E-state index in [1.165, 1.54) is 5.56 Å². The van der Waals surface area contributed by atoms with Crippen molar-refractivity contribution >= 4 is 5.91 Å². The minimum atomic E-state index is -0.0996. The van der Waals surface area contributed by atoms with Crippen LogP contribution in [0.5, 0.6) is 0 Å². The molecule has 114 valence electrons. The summed E-state index contributed by atoms with van der Waals surface area (Å²) in [6, 6.07) is 14.2. The molecule has 3 rings (SSSR count). The van der Waals surface area contributed by atoms with Crippen LogP contribution in [0.2, 0.25) is 0 Å². The van der Waals surface area contributed by atoms with Gasteiger partial charge >= 0.3 is 0 Å². The lowest BCUT2D eigenvalue weighted by Gasteiger charge is -2.35. The fraction of sp³-hybridized carbons (Fsp3) is 0.333. The van der Waals surface area contributed by atoms with Crippen molar-refractivity contribution in [2.45, 2.75) is 18.9 Å². The number of carbonyl (C=O) groups is 1. The van der Waals surface area contributed by atoms with Gasteiger partial charge in [-0.1, -0.05) is 30.3 Å². The molecule has 1 amide bonds. The third-order valence-corrected chi connectivity index (χ3v) is 4.27. The van der Waals surface area contributed by atoms with E-state index in [1.807, 2.05) is 54.3 Å². The number of hydrogen-bond donors (Lipinski definition) is 1. The van der Waals surface area contributed by atoms with E-state index in [4.69, 9.17) is 0 Å². The number of carbonyl (C=O) groups excluding carboxylic acids is 1. The number of aromatic nitrogens is 1. The Morgan fingerprint density at radius 3 is 2.68 bits per heavy atom. The number of hydrogen-bond acceptors (Lipinski definition) is 3. The van der Waals surface area contributed by atoms with E-state index in [9.17, 15) is 4.79 Å². The first kappa shape index (κ1) is 14.7. The van der Waals surface area contributed by atoms with Gasteiger partial charge in [0.1, 0.15) is 0 Å². The molecule has 0 saturated carbocycles. The predicted molar refractivity (Wildman–Crippen MR) is 86.4 cm³/mol. The summed E-state index contributed by atoms with van der Waals surface area (Å²) in [5.74, 6) is 0.101. The van der Waals surface area contributed by atoms with Crippen molar-refractivity contribution in [3.05, 3.63) is 66.0 Å². The van der Waals surface area contributed by atoms with Crippen molar-refractivity contribution in [1.29, 1.82) is 0 Å². The Labute approximate surface area is 131 Å². The van der Waals surface area contributed by atoms with Crippen LogP contribution < -0.4 is 5.32 Å². The zero-order valence-electron chi connectivity index (χ0n) is 12.8. The molecule has 22 heavy (non-hydrogen) atoms. The minimum absolute atomic E-state index is 0.0996. The van der Waals surface area contributed by atoms with Gasteiger partial charge in [0.25, 0.3) is 0 Å². The van der Waals surface area contributed by atoms with Crippen molar-refractivity contribution in [2.75, 3.05) is 19.6 Å². The molecule has 2 aromatic rings. The monoisotopic (exact) mass is 295 g/mol. The summed E-state index contributed by atoms with van der Waals surface area (Å²) < 4.78 is 0. The Hall–Kier alpha value is -2.20. The number of pyridine rings is 1. The summed E-state index contributed by atoms with van der Waals surface area (Å²) in [5.41, 5.74) is 2.26. The molecular weight excluding hydrogens is 274 g/mol. The van der Waals surface area contributed by atoms with Crippen LogP contribution in [0.4, 0.5) is 0 Å². The Kier molecular flexibility index (Phi) is 4.49. The lowest BCUT2D eigenvalue weighted by Crippen LogP contribution is -2.49. The number of rotatable bonds is 3. The van der Waals surface area contributed by atoms with Gasteiger partial charge < -0.3 is 10.2 Å². The summed E-state index contributed by atoms with van der Waals surface area (Å²) in [6.45, 7) is 4.28. The molecule has 0 spiro atoms. The fourth-order valence-electron chi connectivity index (χ4n) is 2.93. The second kappa shape index (κ2) is 6.71. The molecule has 1 aromatic carbocycles. The lowest BCUT2D eigenvalue weighted by atomic mass is 9.98. The van der Waals surface area contributed by atoms with E-state index in [0.29, 0.717) is 6.54 Å². The molecule has 0 aliphatic carbocycles. The van der Waals surface area contributed by atoms with Crippen LogP contribution in [0, 0.1) is 0 Å². The number of benzene rings is 1. The molecule has 0 radical (unpaired) electrons. The Bertz CT molecular complexity index is 615. The maximum absolute atomic E-state index is 12.8. The number of piperazine rings is 1. The van der Waals surface area contributed by atoms with Gasteiger partial charge in [-0.15, -0.1) is 0 Å². The van der Waals surface area contributed by atoms with Crippen LogP contribution in [-0.2, 0) is 4.79 Å². The van der Waals surface area contributed by atoms with Crippen molar-refractivity contribution < 1.29 is 4.79 Å². The zero-order chi connectivity index (χ0) is 15.4.